The van der Waals surface area contributed by atoms with E-state index in [9.17, 15) is 4.79 Å². The molecule has 1 atom stereocenters. The quantitative estimate of drug-likeness (QED) is 0.713. The Balaban J connectivity index is 2.14. The molecule has 0 aromatic rings. The van der Waals surface area contributed by atoms with Crippen molar-refractivity contribution in [1.29, 1.82) is 0 Å². The molecule has 16 heavy (non-hydrogen) atoms. The molecular weight excluding hydrogens is 202 g/mol. The summed E-state index contributed by atoms with van der Waals surface area (Å²) in [6.07, 6.45) is 2.92. The third-order valence-electron chi connectivity index (χ3n) is 3.15. The number of nitrogens with zero attached hydrogens (tertiary/aromatic N) is 2. The molecule has 0 aromatic carbocycles. The second kappa shape index (κ2) is 6.86. The second-order valence-corrected chi connectivity index (χ2v) is 5.04. The lowest BCUT2D eigenvalue weighted by Crippen LogP contribution is -2.31. The summed E-state index contributed by atoms with van der Waals surface area (Å²) in [6.45, 7) is 4.00. The number of nitrogens with one attached hydrogen (secondary N) is 1. The van der Waals surface area contributed by atoms with Crippen LogP contribution < -0.4 is 5.32 Å². The number of rotatable bonds is 6. The summed E-state index contributed by atoms with van der Waals surface area (Å²) in [7, 11) is 6.04. The standard InChI is InChI=1S/C12H25N3O/c1-14(2)7-4-8-15(3)12(16)9-11-5-6-13-10-11/h11,13H,4-10H2,1-3H3. The molecule has 1 amide bonds. The van der Waals surface area contributed by atoms with Crippen molar-refractivity contribution in [2.24, 2.45) is 5.92 Å². The van der Waals surface area contributed by atoms with Gasteiger partial charge in [-0.1, -0.05) is 0 Å². The number of hydrogen-bond donors (Lipinski definition) is 1. The highest BCUT2D eigenvalue weighted by atomic mass is 16.2. The first-order valence-electron chi connectivity index (χ1n) is 6.19. The van der Waals surface area contributed by atoms with E-state index in [1.165, 1.54) is 0 Å². The maximum atomic E-state index is 11.9. The first-order chi connectivity index (χ1) is 7.59. The van der Waals surface area contributed by atoms with Crippen LogP contribution in [0.3, 0.4) is 0 Å². The molecule has 1 rings (SSSR count). The van der Waals surface area contributed by atoms with E-state index in [4.69, 9.17) is 0 Å². The fraction of sp³-hybridized carbons (Fsp3) is 0.917. The van der Waals surface area contributed by atoms with Gasteiger partial charge in [-0.2, -0.15) is 0 Å². The van der Waals surface area contributed by atoms with E-state index in [2.05, 4.69) is 24.3 Å². The summed E-state index contributed by atoms with van der Waals surface area (Å²) in [5.41, 5.74) is 0. The Bertz CT molecular complexity index is 212. The zero-order chi connectivity index (χ0) is 12.0. The van der Waals surface area contributed by atoms with Crippen molar-refractivity contribution >= 4 is 5.91 Å². The van der Waals surface area contributed by atoms with Gasteiger partial charge in [0.1, 0.15) is 0 Å². The zero-order valence-electron chi connectivity index (χ0n) is 10.8. The number of carbonyl (C=O) groups is 1. The highest BCUT2D eigenvalue weighted by Crippen LogP contribution is 2.13. The number of carbonyl (C=O) groups excluding carboxylic acids is 1. The molecule has 4 heteroatoms. The molecule has 1 heterocycles. The topological polar surface area (TPSA) is 35.6 Å². The maximum absolute atomic E-state index is 11.9. The Kier molecular flexibility index (Phi) is 5.77. The minimum absolute atomic E-state index is 0.299. The van der Waals surface area contributed by atoms with E-state index in [1.54, 1.807) is 0 Å². The van der Waals surface area contributed by atoms with Gasteiger partial charge in [-0.3, -0.25) is 4.79 Å². The second-order valence-electron chi connectivity index (χ2n) is 5.04. The van der Waals surface area contributed by atoms with Crippen LogP contribution in [0.25, 0.3) is 0 Å². The average Bonchev–Trinajstić information content (AvgIpc) is 2.69. The summed E-state index contributed by atoms with van der Waals surface area (Å²) in [6, 6.07) is 0. The van der Waals surface area contributed by atoms with Gasteiger partial charge in [-0.15, -0.1) is 0 Å². The fourth-order valence-electron chi connectivity index (χ4n) is 2.04. The Hall–Kier alpha value is -0.610. The lowest BCUT2D eigenvalue weighted by atomic mass is 10.0. The van der Waals surface area contributed by atoms with Gasteiger partial charge in [0.15, 0.2) is 0 Å². The number of hydrogen-bond acceptors (Lipinski definition) is 3. The zero-order valence-corrected chi connectivity index (χ0v) is 10.8. The normalized spacial score (nSPS) is 20.4. The highest BCUT2D eigenvalue weighted by molar-refractivity contribution is 5.76. The monoisotopic (exact) mass is 227 g/mol. The molecule has 0 aliphatic carbocycles. The minimum Gasteiger partial charge on any atom is -0.346 e. The average molecular weight is 227 g/mol. The Labute approximate surface area is 99.0 Å². The van der Waals surface area contributed by atoms with Gasteiger partial charge in [0, 0.05) is 20.0 Å². The molecule has 1 unspecified atom stereocenters. The van der Waals surface area contributed by atoms with Gasteiger partial charge in [0.2, 0.25) is 5.91 Å². The third kappa shape index (κ3) is 4.94. The van der Waals surface area contributed by atoms with Crippen molar-refractivity contribution < 1.29 is 4.79 Å². The smallest absolute Gasteiger partial charge is 0.222 e. The van der Waals surface area contributed by atoms with Gasteiger partial charge in [-0.25, -0.2) is 0 Å². The molecule has 0 aromatic heterocycles. The van der Waals surface area contributed by atoms with E-state index >= 15 is 0 Å². The molecule has 1 saturated heterocycles. The van der Waals surface area contributed by atoms with Crippen molar-refractivity contribution in [3.05, 3.63) is 0 Å². The molecule has 0 spiro atoms. The van der Waals surface area contributed by atoms with Crippen LogP contribution in [0.1, 0.15) is 19.3 Å². The third-order valence-corrected chi connectivity index (χ3v) is 3.15. The van der Waals surface area contributed by atoms with Crippen LogP contribution in [0, 0.1) is 5.92 Å². The van der Waals surface area contributed by atoms with Crippen LogP contribution >= 0.6 is 0 Å². The van der Waals surface area contributed by atoms with Crippen molar-refractivity contribution in [1.82, 2.24) is 15.1 Å². The van der Waals surface area contributed by atoms with Gasteiger partial charge in [-0.05, 0) is 52.5 Å². The molecule has 4 nitrogen and oxygen atoms in total. The molecule has 1 aliphatic heterocycles. The lowest BCUT2D eigenvalue weighted by Gasteiger charge is -2.20. The summed E-state index contributed by atoms with van der Waals surface area (Å²) >= 11 is 0. The molecule has 0 saturated carbocycles. The SMILES string of the molecule is CN(C)CCCN(C)C(=O)CC1CCNC1. The van der Waals surface area contributed by atoms with Gasteiger partial charge < -0.3 is 15.1 Å². The molecule has 1 N–H and O–H groups in total. The predicted molar refractivity (Wildman–Crippen MR) is 66.4 cm³/mol. The first-order valence-corrected chi connectivity index (χ1v) is 6.19. The van der Waals surface area contributed by atoms with Crippen LogP contribution in [0.5, 0.6) is 0 Å². The Morgan fingerprint density at radius 3 is 2.62 bits per heavy atom. The van der Waals surface area contributed by atoms with Crippen LogP contribution in [-0.2, 0) is 4.79 Å². The van der Waals surface area contributed by atoms with E-state index < -0.39 is 0 Å². The van der Waals surface area contributed by atoms with Crippen LogP contribution in [0.2, 0.25) is 0 Å². The summed E-state index contributed by atoms with van der Waals surface area (Å²) in [5.74, 6) is 0.858. The fourth-order valence-corrected chi connectivity index (χ4v) is 2.04. The van der Waals surface area contributed by atoms with E-state index in [0.717, 1.165) is 39.0 Å². The van der Waals surface area contributed by atoms with Crippen molar-refractivity contribution in [2.75, 3.05) is 47.3 Å². The highest BCUT2D eigenvalue weighted by Gasteiger charge is 2.19. The largest absolute Gasteiger partial charge is 0.346 e. The van der Waals surface area contributed by atoms with Crippen molar-refractivity contribution in [3.63, 3.8) is 0 Å². The maximum Gasteiger partial charge on any atom is 0.222 e. The van der Waals surface area contributed by atoms with Crippen molar-refractivity contribution in [3.8, 4) is 0 Å². The predicted octanol–water partition coefficient (Wildman–Crippen LogP) is 0.396. The van der Waals surface area contributed by atoms with Crippen LogP contribution in [0.4, 0.5) is 0 Å². The van der Waals surface area contributed by atoms with Gasteiger partial charge in [0.05, 0.1) is 0 Å². The van der Waals surface area contributed by atoms with Crippen LogP contribution in [-0.4, -0.2) is 63.0 Å². The van der Waals surface area contributed by atoms with Gasteiger partial charge >= 0.3 is 0 Å². The summed E-state index contributed by atoms with van der Waals surface area (Å²) < 4.78 is 0. The van der Waals surface area contributed by atoms with E-state index in [1.807, 2.05) is 11.9 Å². The van der Waals surface area contributed by atoms with Crippen LogP contribution in [0.15, 0.2) is 0 Å². The van der Waals surface area contributed by atoms with E-state index in [-0.39, 0.29) is 0 Å². The summed E-state index contributed by atoms with van der Waals surface area (Å²) in [5, 5.41) is 3.30. The minimum atomic E-state index is 0.299. The molecule has 1 aliphatic rings. The van der Waals surface area contributed by atoms with Crippen molar-refractivity contribution in [2.45, 2.75) is 19.3 Å². The molecule has 94 valence electrons. The number of amides is 1. The lowest BCUT2D eigenvalue weighted by molar-refractivity contribution is -0.130. The molecule has 1 fully saturated rings. The summed E-state index contributed by atoms with van der Waals surface area (Å²) in [4.78, 5) is 15.9. The molecular formula is C12H25N3O. The van der Waals surface area contributed by atoms with Gasteiger partial charge in [0.25, 0.3) is 0 Å². The Morgan fingerprint density at radius 1 is 1.31 bits per heavy atom. The Morgan fingerprint density at radius 2 is 2.06 bits per heavy atom. The molecule has 0 radical (unpaired) electrons. The van der Waals surface area contributed by atoms with E-state index in [0.29, 0.717) is 18.2 Å². The molecule has 0 bridgehead atoms. The first kappa shape index (κ1) is 13.5.